The predicted octanol–water partition coefficient (Wildman–Crippen LogP) is 2.86. The van der Waals surface area contributed by atoms with Crippen LogP contribution in [0.15, 0.2) is 46.0 Å². The number of hydrogen-bond acceptors (Lipinski definition) is 5. The maximum absolute atomic E-state index is 12.0. The molecule has 2 aromatic heterocycles. The average molecular weight is 338 g/mol. The number of hydrogen-bond donors (Lipinski definition) is 2. The van der Waals surface area contributed by atoms with E-state index in [-0.39, 0.29) is 11.3 Å². The van der Waals surface area contributed by atoms with Crippen LogP contribution in [0.4, 0.5) is 0 Å². The Hall–Kier alpha value is -3.35. The Kier molecular flexibility index (Phi) is 4.38. The highest BCUT2D eigenvalue weighted by atomic mass is 16.5. The highest BCUT2D eigenvalue weighted by molar-refractivity contribution is 5.97. The molecule has 0 aliphatic carbocycles. The van der Waals surface area contributed by atoms with Gasteiger partial charge in [0, 0.05) is 23.0 Å². The van der Waals surface area contributed by atoms with E-state index < -0.39 is 5.91 Å². The number of aromatic hydroxyl groups is 1. The minimum absolute atomic E-state index is 0.0882. The fourth-order valence-electron chi connectivity index (χ4n) is 2.62. The molecule has 1 amide bonds. The van der Waals surface area contributed by atoms with Crippen LogP contribution in [-0.4, -0.2) is 27.0 Å². The van der Waals surface area contributed by atoms with E-state index in [1.54, 1.807) is 18.3 Å². The lowest BCUT2D eigenvalue weighted by molar-refractivity contribution is 0.0952. The number of hydrazone groups is 1. The Morgan fingerprint density at radius 1 is 1.28 bits per heavy atom. The molecule has 0 saturated carbocycles. The number of carbonyl (C=O) groups is 1. The summed E-state index contributed by atoms with van der Waals surface area (Å²) < 4.78 is 7.07. The molecule has 0 radical (unpaired) electrons. The number of carbonyl (C=O) groups excluding carboxylic acids is 1. The molecular formula is C18H18N4O3. The van der Waals surface area contributed by atoms with Crippen molar-refractivity contribution in [1.29, 1.82) is 0 Å². The third kappa shape index (κ3) is 3.30. The van der Waals surface area contributed by atoms with Gasteiger partial charge in [-0.3, -0.25) is 9.36 Å². The van der Waals surface area contributed by atoms with Crippen LogP contribution in [0.25, 0.3) is 5.82 Å². The van der Waals surface area contributed by atoms with Gasteiger partial charge in [-0.05, 0) is 39.0 Å². The van der Waals surface area contributed by atoms with Gasteiger partial charge < -0.3 is 9.63 Å². The summed E-state index contributed by atoms with van der Waals surface area (Å²) in [6.45, 7) is 5.72. The smallest absolute Gasteiger partial charge is 0.275 e. The highest BCUT2D eigenvalue weighted by Gasteiger charge is 2.13. The normalized spacial score (nSPS) is 11.2. The van der Waals surface area contributed by atoms with E-state index >= 15 is 0 Å². The summed E-state index contributed by atoms with van der Waals surface area (Å²) >= 11 is 0. The maximum atomic E-state index is 12.0. The number of phenols is 1. The van der Waals surface area contributed by atoms with Crippen LogP contribution in [0.2, 0.25) is 0 Å². The Labute approximate surface area is 144 Å². The van der Waals surface area contributed by atoms with Crippen molar-refractivity contribution in [2.45, 2.75) is 20.8 Å². The van der Waals surface area contributed by atoms with E-state index in [1.165, 1.54) is 12.1 Å². The summed E-state index contributed by atoms with van der Waals surface area (Å²) in [6.07, 6.45) is 1.56. The summed E-state index contributed by atoms with van der Waals surface area (Å²) in [7, 11) is 0. The van der Waals surface area contributed by atoms with E-state index in [2.05, 4.69) is 15.7 Å². The molecule has 2 N–H and O–H groups in total. The predicted molar refractivity (Wildman–Crippen MR) is 93.2 cm³/mol. The van der Waals surface area contributed by atoms with Crippen LogP contribution in [-0.2, 0) is 0 Å². The van der Waals surface area contributed by atoms with Gasteiger partial charge in [0.2, 0.25) is 0 Å². The third-order valence-electron chi connectivity index (χ3n) is 3.83. The molecule has 1 aromatic carbocycles. The molecule has 0 spiro atoms. The Balaban J connectivity index is 1.79. The Morgan fingerprint density at radius 2 is 2.04 bits per heavy atom. The minimum Gasteiger partial charge on any atom is -0.507 e. The number of nitrogens with zero attached hydrogens (tertiary/aromatic N) is 3. The molecule has 0 atom stereocenters. The van der Waals surface area contributed by atoms with Gasteiger partial charge in [-0.15, -0.1) is 0 Å². The molecule has 0 unspecified atom stereocenters. The first-order valence-electron chi connectivity index (χ1n) is 7.71. The van der Waals surface area contributed by atoms with Gasteiger partial charge in [-0.1, -0.05) is 17.3 Å². The lowest BCUT2D eigenvalue weighted by atomic mass is 10.2. The van der Waals surface area contributed by atoms with Crippen LogP contribution in [0.3, 0.4) is 0 Å². The highest BCUT2D eigenvalue weighted by Crippen LogP contribution is 2.19. The van der Waals surface area contributed by atoms with Crippen LogP contribution in [0.1, 0.15) is 33.1 Å². The first kappa shape index (κ1) is 16.5. The van der Waals surface area contributed by atoms with E-state index in [0.717, 1.165) is 22.7 Å². The molecule has 7 nitrogen and oxygen atoms in total. The average Bonchev–Trinajstić information content (AvgIpc) is 3.11. The second-order valence-corrected chi connectivity index (χ2v) is 5.67. The number of aryl methyl sites for hydroxylation is 2. The summed E-state index contributed by atoms with van der Waals surface area (Å²) in [6, 6.07) is 10.1. The number of nitrogens with one attached hydrogen (secondary N) is 1. The summed E-state index contributed by atoms with van der Waals surface area (Å²) in [5, 5.41) is 17.7. The summed E-state index contributed by atoms with van der Waals surface area (Å²) in [5.41, 5.74) is 5.32. The first-order valence-corrected chi connectivity index (χ1v) is 7.71. The maximum Gasteiger partial charge on any atom is 0.275 e. The number of aromatic nitrogens is 2. The monoisotopic (exact) mass is 338 g/mol. The van der Waals surface area contributed by atoms with Crippen molar-refractivity contribution in [2.24, 2.45) is 5.10 Å². The van der Waals surface area contributed by atoms with E-state index in [1.807, 2.05) is 37.5 Å². The van der Waals surface area contributed by atoms with Crippen LogP contribution in [0, 0.1) is 20.8 Å². The second kappa shape index (κ2) is 6.64. The summed E-state index contributed by atoms with van der Waals surface area (Å²) in [5.74, 6) is 0.864. The molecule has 3 aromatic rings. The van der Waals surface area contributed by atoms with Crippen molar-refractivity contribution in [1.82, 2.24) is 15.1 Å². The SMILES string of the molecule is Cc1cc(-n2c(C)cc(/C=N\NC(=O)c3ccccc3O)c2C)no1. The van der Waals surface area contributed by atoms with E-state index in [0.29, 0.717) is 5.82 Å². The van der Waals surface area contributed by atoms with Crippen LogP contribution in [0.5, 0.6) is 5.75 Å². The molecule has 0 bridgehead atoms. The molecule has 0 aliphatic heterocycles. The number of rotatable bonds is 4. The molecule has 128 valence electrons. The van der Waals surface area contributed by atoms with Crippen molar-refractivity contribution < 1.29 is 14.4 Å². The van der Waals surface area contributed by atoms with Gasteiger partial charge in [-0.2, -0.15) is 5.10 Å². The molecule has 0 saturated heterocycles. The third-order valence-corrected chi connectivity index (χ3v) is 3.83. The second-order valence-electron chi connectivity index (χ2n) is 5.67. The zero-order chi connectivity index (χ0) is 18.0. The summed E-state index contributed by atoms with van der Waals surface area (Å²) in [4.78, 5) is 12.0. The van der Waals surface area contributed by atoms with Gasteiger partial charge in [0.05, 0.1) is 11.8 Å². The lowest BCUT2D eigenvalue weighted by Crippen LogP contribution is -2.17. The molecule has 7 heteroatoms. The van der Waals surface area contributed by atoms with Crippen LogP contribution >= 0.6 is 0 Å². The van der Waals surface area contributed by atoms with Gasteiger partial charge in [0.25, 0.3) is 5.91 Å². The Bertz CT molecular complexity index is 953. The van der Waals surface area contributed by atoms with Gasteiger partial charge in [0.1, 0.15) is 11.5 Å². The van der Waals surface area contributed by atoms with Gasteiger partial charge in [0.15, 0.2) is 5.82 Å². The standard InChI is InChI=1S/C18H18N4O3/c1-11-8-14(13(3)22(11)17-9-12(2)25-21-17)10-19-20-18(24)15-6-4-5-7-16(15)23/h4-10,23H,1-3H3,(H,20,24)/b19-10-. The zero-order valence-corrected chi connectivity index (χ0v) is 14.1. The Morgan fingerprint density at radius 3 is 2.72 bits per heavy atom. The van der Waals surface area contributed by atoms with Gasteiger partial charge >= 0.3 is 0 Å². The zero-order valence-electron chi connectivity index (χ0n) is 14.1. The topological polar surface area (TPSA) is 92.7 Å². The molecule has 0 aliphatic rings. The van der Waals surface area contributed by atoms with Crippen molar-refractivity contribution in [3.63, 3.8) is 0 Å². The fraction of sp³-hybridized carbons (Fsp3) is 0.167. The van der Waals surface area contributed by atoms with Gasteiger partial charge in [-0.25, -0.2) is 5.43 Å². The fourth-order valence-corrected chi connectivity index (χ4v) is 2.62. The minimum atomic E-state index is -0.477. The van der Waals surface area contributed by atoms with E-state index in [4.69, 9.17) is 4.52 Å². The van der Waals surface area contributed by atoms with E-state index in [9.17, 15) is 9.90 Å². The number of amides is 1. The number of para-hydroxylation sites is 1. The molecular weight excluding hydrogens is 320 g/mol. The molecule has 2 heterocycles. The molecule has 3 rings (SSSR count). The van der Waals surface area contributed by atoms with Crippen molar-refractivity contribution in [3.8, 4) is 11.6 Å². The quantitative estimate of drug-likeness (QED) is 0.565. The lowest BCUT2D eigenvalue weighted by Gasteiger charge is -2.04. The largest absolute Gasteiger partial charge is 0.507 e. The molecule has 0 fully saturated rings. The number of benzene rings is 1. The van der Waals surface area contributed by atoms with Crippen molar-refractivity contribution >= 4 is 12.1 Å². The number of phenolic OH excluding ortho intramolecular Hbond substituents is 1. The van der Waals surface area contributed by atoms with Crippen LogP contribution < -0.4 is 5.43 Å². The van der Waals surface area contributed by atoms with Crippen molar-refractivity contribution in [3.05, 3.63) is 64.7 Å². The molecule has 25 heavy (non-hydrogen) atoms. The van der Waals surface area contributed by atoms with Crippen molar-refractivity contribution in [2.75, 3.05) is 0 Å². The first-order chi connectivity index (χ1) is 12.0.